The first-order valence-corrected chi connectivity index (χ1v) is 10.3. The standard InChI is InChI=1S/C22H32N6O2/c1-5-30-20-15-18(6-7-19(20)29-4)26-22(23-2)25-16-17-8-9-24-21(14-17)28-12-10-27(3)11-13-28/h6-9,14-15H,5,10-13,16H2,1-4H3,(H2,23,25,26). The van der Waals surface area contributed by atoms with Gasteiger partial charge in [-0.05, 0) is 43.8 Å². The average molecular weight is 413 g/mol. The number of piperazine rings is 1. The molecule has 162 valence electrons. The van der Waals surface area contributed by atoms with Crippen molar-refractivity contribution in [2.24, 2.45) is 4.99 Å². The van der Waals surface area contributed by atoms with Crippen LogP contribution in [0.1, 0.15) is 12.5 Å². The maximum Gasteiger partial charge on any atom is 0.195 e. The molecule has 8 heteroatoms. The van der Waals surface area contributed by atoms with Crippen molar-refractivity contribution in [1.29, 1.82) is 0 Å². The van der Waals surface area contributed by atoms with E-state index < -0.39 is 0 Å². The molecule has 1 aromatic carbocycles. The summed E-state index contributed by atoms with van der Waals surface area (Å²) >= 11 is 0. The molecule has 1 aliphatic rings. The summed E-state index contributed by atoms with van der Waals surface area (Å²) in [6.45, 7) is 7.30. The highest BCUT2D eigenvalue weighted by molar-refractivity contribution is 5.93. The molecule has 2 aromatic rings. The van der Waals surface area contributed by atoms with Crippen molar-refractivity contribution in [2.45, 2.75) is 13.5 Å². The quantitative estimate of drug-likeness (QED) is 0.534. The lowest BCUT2D eigenvalue weighted by atomic mass is 10.2. The molecule has 0 spiro atoms. The summed E-state index contributed by atoms with van der Waals surface area (Å²) in [6, 6.07) is 9.90. The van der Waals surface area contributed by atoms with Gasteiger partial charge in [-0.3, -0.25) is 4.99 Å². The van der Waals surface area contributed by atoms with E-state index in [2.05, 4.69) is 43.5 Å². The van der Waals surface area contributed by atoms with Crippen molar-refractivity contribution >= 4 is 17.5 Å². The zero-order chi connectivity index (χ0) is 21.3. The Morgan fingerprint density at radius 1 is 1.13 bits per heavy atom. The lowest BCUT2D eigenvalue weighted by Gasteiger charge is -2.33. The second-order valence-electron chi connectivity index (χ2n) is 7.16. The van der Waals surface area contributed by atoms with Crippen molar-refractivity contribution in [2.75, 3.05) is 64.2 Å². The number of ether oxygens (including phenoxy) is 2. The van der Waals surface area contributed by atoms with E-state index in [9.17, 15) is 0 Å². The van der Waals surface area contributed by atoms with Gasteiger partial charge < -0.3 is 29.9 Å². The van der Waals surface area contributed by atoms with Crippen molar-refractivity contribution in [1.82, 2.24) is 15.2 Å². The number of guanidine groups is 1. The lowest BCUT2D eigenvalue weighted by Crippen LogP contribution is -2.44. The molecule has 0 amide bonds. The number of nitrogens with one attached hydrogen (secondary N) is 2. The van der Waals surface area contributed by atoms with Crippen LogP contribution in [0, 0.1) is 0 Å². The first-order valence-electron chi connectivity index (χ1n) is 10.3. The molecule has 1 aromatic heterocycles. The van der Waals surface area contributed by atoms with Crippen molar-refractivity contribution in [3.05, 3.63) is 42.1 Å². The van der Waals surface area contributed by atoms with Crippen LogP contribution in [0.3, 0.4) is 0 Å². The summed E-state index contributed by atoms with van der Waals surface area (Å²) in [4.78, 5) is 13.6. The topological polar surface area (TPSA) is 74.2 Å². The monoisotopic (exact) mass is 412 g/mol. The van der Waals surface area contributed by atoms with Gasteiger partial charge in [0, 0.05) is 57.7 Å². The molecular weight excluding hydrogens is 380 g/mol. The molecule has 1 fully saturated rings. The summed E-state index contributed by atoms with van der Waals surface area (Å²) in [7, 11) is 5.55. The number of nitrogens with zero attached hydrogens (tertiary/aromatic N) is 4. The number of aliphatic imine (C=N–C) groups is 1. The number of rotatable bonds is 7. The van der Waals surface area contributed by atoms with E-state index in [1.165, 1.54) is 0 Å². The Labute approximate surface area is 178 Å². The highest BCUT2D eigenvalue weighted by Gasteiger charge is 2.15. The van der Waals surface area contributed by atoms with Crippen molar-refractivity contribution in [3.8, 4) is 11.5 Å². The number of anilines is 2. The van der Waals surface area contributed by atoms with Crippen LogP contribution in [0.25, 0.3) is 0 Å². The van der Waals surface area contributed by atoms with Crippen LogP contribution in [-0.2, 0) is 6.54 Å². The summed E-state index contributed by atoms with van der Waals surface area (Å²) in [5.41, 5.74) is 2.03. The van der Waals surface area contributed by atoms with E-state index in [1.54, 1.807) is 14.2 Å². The molecule has 8 nitrogen and oxygen atoms in total. The Balaban J connectivity index is 1.61. The normalized spacial score (nSPS) is 15.1. The van der Waals surface area contributed by atoms with Gasteiger partial charge in [0.05, 0.1) is 13.7 Å². The molecule has 2 N–H and O–H groups in total. The molecule has 30 heavy (non-hydrogen) atoms. The first kappa shape index (κ1) is 21.7. The van der Waals surface area contributed by atoms with Crippen molar-refractivity contribution in [3.63, 3.8) is 0 Å². The Morgan fingerprint density at radius 3 is 2.63 bits per heavy atom. The molecule has 3 rings (SSSR count). The maximum absolute atomic E-state index is 5.65. The van der Waals surface area contributed by atoms with Gasteiger partial charge in [0.25, 0.3) is 0 Å². The van der Waals surface area contributed by atoms with Gasteiger partial charge in [-0.15, -0.1) is 0 Å². The number of benzene rings is 1. The summed E-state index contributed by atoms with van der Waals surface area (Å²) in [6.07, 6.45) is 1.87. The van der Waals surface area contributed by atoms with Gasteiger partial charge in [0.1, 0.15) is 5.82 Å². The minimum absolute atomic E-state index is 0.574. The number of hydrogen-bond donors (Lipinski definition) is 2. The molecule has 2 heterocycles. The van der Waals surface area contributed by atoms with Gasteiger partial charge in [-0.25, -0.2) is 4.98 Å². The lowest BCUT2D eigenvalue weighted by molar-refractivity contribution is 0.311. The fourth-order valence-electron chi connectivity index (χ4n) is 3.30. The second kappa shape index (κ2) is 10.7. The van der Waals surface area contributed by atoms with Crippen LogP contribution in [-0.4, -0.2) is 69.8 Å². The summed E-state index contributed by atoms with van der Waals surface area (Å²) < 4.78 is 11.0. The van der Waals surface area contributed by atoms with E-state index in [1.807, 2.05) is 37.4 Å². The molecule has 0 saturated carbocycles. The van der Waals surface area contributed by atoms with Crippen molar-refractivity contribution < 1.29 is 9.47 Å². The number of hydrogen-bond acceptors (Lipinski definition) is 6. The van der Waals surface area contributed by atoms with Crippen LogP contribution in [0.4, 0.5) is 11.5 Å². The van der Waals surface area contributed by atoms with Gasteiger partial charge in [-0.2, -0.15) is 0 Å². The molecule has 0 bridgehead atoms. The molecule has 1 saturated heterocycles. The van der Waals surface area contributed by atoms with Crippen LogP contribution in [0.2, 0.25) is 0 Å². The molecular formula is C22H32N6O2. The van der Waals surface area contributed by atoms with E-state index in [-0.39, 0.29) is 0 Å². The highest BCUT2D eigenvalue weighted by Crippen LogP contribution is 2.30. The number of likely N-dealkylation sites (N-methyl/N-ethyl adjacent to an activating group) is 1. The van der Waals surface area contributed by atoms with Gasteiger partial charge in [-0.1, -0.05) is 0 Å². The second-order valence-corrected chi connectivity index (χ2v) is 7.16. The van der Waals surface area contributed by atoms with Crippen LogP contribution >= 0.6 is 0 Å². The third-order valence-electron chi connectivity index (χ3n) is 5.05. The number of pyridine rings is 1. The molecule has 0 aliphatic carbocycles. The Kier molecular flexibility index (Phi) is 7.73. The molecule has 0 unspecified atom stereocenters. The predicted octanol–water partition coefficient (Wildman–Crippen LogP) is 2.43. The zero-order valence-electron chi connectivity index (χ0n) is 18.3. The summed E-state index contributed by atoms with van der Waals surface area (Å²) in [5, 5.41) is 6.67. The third kappa shape index (κ3) is 5.76. The zero-order valence-corrected chi connectivity index (χ0v) is 18.3. The van der Waals surface area contributed by atoms with Crippen LogP contribution < -0.4 is 25.0 Å². The Hall–Kier alpha value is -3.00. The first-order chi connectivity index (χ1) is 14.6. The number of methoxy groups -OCH3 is 1. The highest BCUT2D eigenvalue weighted by atomic mass is 16.5. The van der Waals surface area contributed by atoms with E-state index >= 15 is 0 Å². The smallest absolute Gasteiger partial charge is 0.195 e. The largest absolute Gasteiger partial charge is 0.493 e. The fourth-order valence-corrected chi connectivity index (χ4v) is 3.30. The average Bonchev–Trinajstić information content (AvgIpc) is 2.78. The predicted molar refractivity (Wildman–Crippen MR) is 122 cm³/mol. The maximum atomic E-state index is 5.65. The minimum atomic E-state index is 0.574. The summed E-state index contributed by atoms with van der Waals surface area (Å²) in [5.74, 6) is 3.12. The third-order valence-corrected chi connectivity index (χ3v) is 5.05. The molecule has 0 radical (unpaired) electrons. The van der Waals surface area contributed by atoms with E-state index in [0.717, 1.165) is 43.2 Å². The van der Waals surface area contributed by atoms with Gasteiger partial charge in [0.2, 0.25) is 0 Å². The number of aromatic nitrogens is 1. The van der Waals surface area contributed by atoms with Crippen LogP contribution in [0.5, 0.6) is 11.5 Å². The van der Waals surface area contributed by atoms with Crippen LogP contribution in [0.15, 0.2) is 41.5 Å². The Bertz CT molecular complexity index is 849. The molecule has 1 aliphatic heterocycles. The van der Waals surface area contributed by atoms with Gasteiger partial charge in [0.15, 0.2) is 17.5 Å². The van der Waals surface area contributed by atoms with E-state index in [0.29, 0.717) is 30.6 Å². The SMILES string of the molecule is CCOc1cc(NC(=NC)NCc2ccnc(N3CCN(C)CC3)c2)ccc1OC. The Morgan fingerprint density at radius 2 is 1.93 bits per heavy atom. The van der Waals surface area contributed by atoms with E-state index in [4.69, 9.17) is 9.47 Å². The fraction of sp³-hybridized carbons (Fsp3) is 0.455. The van der Waals surface area contributed by atoms with Gasteiger partial charge >= 0.3 is 0 Å². The minimum Gasteiger partial charge on any atom is -0.493 e. The molecule has 0 atom stereocenters.